The summed E-state index contributed by atoms with van der Waals surface area (Å²) >= 11 is 0. The Balaban J connectivity index is 0.000000198. The first-order valence-corrected chi connectivity index (χ1v) is 10.3. The number of para-hydroxylation sites is 4. The van der Waals surface area contributed by atoms with Gasteiger partial charge in [-0.1, -0.05) is 54.6 Å². The molecule has 4 N–H and O–H groups in total. The molecule has 176 valence electrons. The minimum absolute atomic E-state index is 0.0177. The van der Waals surface area contributed by atoms with Crippen LogP contribution < -0.4 is 10.6 Å². The highest BCUT2D eigenvalue weighted by Gasteiger charge is 2.20. The summed E-state index contributed by atoms with van der Waals surface area (Å²) in [6, 6.07) is 28.0. The van der Waals surface area contributed by atoms with Gasteiger partial charge >= 0.3 is 5.69 Å². The van der Waals surface area contributed by atoms with Gasteiger partial charge in [-0.2, -0.15) is 0 Å². The Hall–Kier alpha value is -5.18. The number of carbonyl (C=O) groups is 2. The number of nitro benzene ring substituents is 1. The van der Waals surface area contributed by atoms with E-state index in [-0.39, 0.29) is 22.8 Å². The lowest BCUT2D eigenvalue weighted by atomic mass is 10.1. The summed E-state index contributed by atoms with van der Waals surface area (Å²) in [5.74, 6) is -1.58. The van der Waals surface area contributed by atoms with Crippen LogP contribution in [0.5, 0.6) is 11.5 Å². The van der Waals surface area contributed by atoms with Gasteiger partial charge in [-0.15, -0.1) is 0 Å². The van der Waals surface area contributed by atoms with Crippen molar-refractivity contribution in [1.29, 1.82) is 0 Å². The van der Waals surface area contributed by atoms with Crippen LogP contribution in [0, 0.1) is 10.1 Å². The first-order valence-electron chi connectivity index (χ1n) is 10.3. The van der Waals surface area contributed by atoms with Gasteiger partial charge in [0.2, 0.25) is 5.75 Å². The summed E-state index contributed by atoms with van der Waals surface area (Å²) < 4.78 is 0. The Labute approximate surface area is 200 Å². The lowest BCUT2D eigenvalue weighted by Gasteiger charge is -2.06. The molecule has 0 aliphatic rings. The van der Waals surface area contributed by atoms with Crippen LogP contribution in [0.25, 0.3) is 0 Å². The van der Waals surface area contributed by atoms with Crippen molar-refractivity contribution in [3.05, 3.63) is 124 Å². The van der Waals surface area contributed by atoms with Crippen molar-refractivity contribution in [2.45, 2.75) is 0 Å². The molecule has 2 amide bonds. The van der Waals surface area contributed by atoms with E-state index in [4.69, 9.17) is 0 Å². The molecule has 0 unspecified atom stereocenters. The molecule has 0 fully saturated rings. The second-order valence-electron chi connectivity index (χ2n) is 7.09. The number of phenolic OH excluding ortho intramolecular Hbond substituents is 2. The van der Waals surface area contributed by atoms with Gasteiger partial charge in [0.1, 0.15) is 5.75 Å². The van der Waals surface area contributed by atoms with Gasteiger partial charge in [0, 0.05) is 17.4 Å². The van der Waals surface area contributed by atoms with Crippen molar-refractivity contribution in [1.82, 2.24) is 0 Å². The maximum absolute atomic E-state index is 11.9. The van der Waals surface area contributed by atoms with Gasteiger partial charge in [-0.05, 0) is 42.5 Å². The zero-order valence-corrected chi connectivity index (χ0v) is 18.3. The van der Waals surface area contributed by atoms with E-state index in [1.54, 1.807) is 60.7 Å². The Kier molecular flexibility index (Phi) is 8.12. The number of nitro groups is 1. The second kappa shape index (κ2) is 11.6. The smallest absolute Gasteiger partial charge is 0.311 e. The molecule has 0 bridgehead atoms. The average Bonchev–Trinajstić information content (AvgIpc) is 2.86. The fourth-order valence-electron chi connectivity index (χ4n) is 2.97. The molecule has 0 spiro atoms. The third kappa shape index (κ3) is 6.65. The number of hydrogen-bond donors (Lipinski definition) is 4. The summed E-state index contributed by atoms with van der Waals surface area (Å²) in [7, 11) is 0. The van der Waals surface area contributed by atoms with Crippen LogP contribution >= 0.6 is 0 Å². The fraction of sp³-hybridized carbons (Fsp3) is 0. The molecular formula is C26H21N3O6. The Morgan fingerprint density at radius 3 is 1.60 bits per heavy atom. The van der Waals surface area contributed by atoms with E-state index in [9.17, 15) is 29.9 Å². The zero-order valence-electron chi connectivity index (χ0n) is 18.3. The molecule has 4 aromatic carbocycles. The number of aromatic hydroxyl groups is 2. The number of amides is 2. The van der Waals surface area contributed by atoms with Crippen molar-refractivity contribution in [2.75, 3.05) is 10.6 Å². The number of carbonyl (C=O) groups excluding carboxylic acids is 2. The van der Waals surface area contributed by atoms with Crippen LogP contribution in [0.4, 0.5) is 17.1 Å². The summed E-state index contributed by atoms with van der Waals surface area (Å²) in [5, 5.41) is 35.1. The monoisotopic (exact) mass is 471 g/mol. The third-order valence-corrected chi connectivity index (χ3v) is 4.67. The number of hydrogen-bond acceptors (Lipinski definition) is 6. The van der Waals surface area contributed by atoms with Gasteiger partial charge in [0.05, 0.1) is 16.1 Å². The Morgan fingerprint density at radius 2 is 1.09 bits per heavy atom. The highest BCUT2D eigenvalue weighted by molar-refractivity contribution is 6.07. The van der Waals surface area contributed by atoms with E-state index in [2.05, 4.69) is 10.6 Å². The van der Waals surface area contributed by atoms with Crippen LogP contribution in [0.2, 0.25) is 0 Å². The minimum atomic E-state index is -0.741. The third-order valence-electron chi connectivity index (χ3n) is 4.67. The number of anilines is 2. The van der Waals surface area contributed by atoms with E-state index in [1.165, 1.54) is 18.2 Å². The first-order chi connectivity index (χ1) is 16.9. The van der Waals surface area contributed by atoms with Crippen LogP contribution in [-0.4, -0.2) is 27.0 Å². The standard InChI is InChI=1S/C13H10N2O4.C13H11NO2/c16-12-10(7-4-8-11(12)15(18)19)13(17)14-9-5-2-1-3-6-9;15-12-9-5-4-8-11(12)13(16)14-10-6-2-1-3-7-10/h1-8,16H,(H,14,17);1-9,15H,(H,14,16). The van der Waals surface area contributed by atoms with Gasteiger partial charge in [0.25, 0.3) is 11.8 Å². The molecule has 0 aliphatic heterocycles. The van der Waals surface area contributed by atoms with Crippen molar-refractivity contribution in [3.8, 4) is 11.5 Å². The minimum Gasteiger partial charge on any atom is -0.507 e. The molecule has 4 rings (SSSR count). The molecule has 35 heavy (non-hydrogen) atoms. The van der Waals surface area contributed by atoms with Crippen LogP contribution in [0.1, 0.15) is 20.7 Å². The quantitative estimate of drug-likeness (QED) is 0.233. The van der Waals surface area contributed by atoms with Crippen LogP contribution in [-0.2, 0) is 0 Å². The normalized spacial score (nSPS) is 9.83. The number of nitrogens with zero attached hydrogens (tertiary/aromatic N) is 1. The van der Waals surface area contributed by atoms with Crippen molar-refractivity contribution < 1.29 is 24.7 Å². The maximum atomic E-state index is 11.9. The van der Waals surface area contributed by atoms with E-state index in [0.717, 1.165) is 6.07 Å². The fourth-order valence-corrected chi connectivity index (χ4v) is 2.97. The second-order valence-corrected chi connectivity index (χ2v) is 7.09. The average molecular weight is 471 g/mol. The number of phenols is 2. The highest BCUT2D eigenvalue weighted by atomic mass is 16.6. The Bertz CT molecular complexity index is 1330. The Morgan fingerprint density at radius 1 is 0.629 bits per heavy atom. The molecule has 0 atom stereocenters. The first kappa shape index (κ1) is 24.5. The summed E-state index contributed by atoms with van der Waals surface area (Å²) in [6.07, 6.45) is 0. The van der Waals surface area contributed by atoms with E-state index >= 15 is 0 Å². The summed E-state index contributed by atoms with van der Waals surface area (Å²) in [5.41, 5.74) is 0.874. The maximum Gasteiger partial charge on any atom is 0.311 e. The molecule has 4 aromatic rings. The van der Waals surface area contributed by atoms with Gasteiger partial charge in [-0.3, -0.25) is 19.7 Å². The topological polar surface area (TPSA) is 142 Å². The molecule has 0 aliphatic carbocycles. The molecule has 9 nitrogen and oxygen atoms in total. The zero-order chi connectivity index (χ0) is 25.2. The van der Waals surface area contributed by atoms with Crippen molar-refractivity contribution in [2.24, 2.45) is 0 Å². The van der Waals surface area contributed by atoms with Crippen LogP contribution in [0.15, 0.2) is 103 Å². The lowest BCUT2D eigenvalue weighted by Crippen LogP contribution is -2.12. The van der Waals surface area contributed by atoms with Gasteiger partial charge in [-0.25, -0.2) is 0 Å². The largest absolute Gasteiger partial charge is 0.507 e. The molecule has 0 saturated carbocycles. The van der Waals surface area contributed by atoms with E-state index < -0.39 is 22.3 Å². The molecule has 0 aromatic heterocycles. The van der Waals surface area contributed by atoms with Gasteiger partial charge < -0.3 is 20.8 Å². The molecular weight excluding hydrogens is 450 g/mol. The molecule has 0 radical (unpaired) electrons. The predicted molar refractivity (Wildman–Crippen MR) is 132 cm³/mol. The summed E-state index contributed by atoms with van der Waals surface area (Å²) in [4.78, 5) is 33.6. The van der Waals surface area contributed by atoms with Crippen molar-refractivity contribution in [3.63, 3.8) is 0 Å². The number of benzene rings is 4. The highest BCUT2D eigenvalue weighted by Crippen LogP contribution is 2.29. The summed E-state index contributed by atoms with van der Waals surface area (Å²) in [6.45, 7) is 0. The molecule has 0 saturated heterocycles. The van der Waals surface area contributed by atoms with Gasteiger partial charge in [0.15, 0.2) is 0 Å². The van der Waals surface area contributed by atoms with Crippen molar-refractivity contribution >= 4 is 28.9 Å². The number of nitrogens with one attached hydrogen (secondary N) is 2. The molecule has 9 heteroatoms. The predicted octanol–water partition coefficient (Wildman–Crippen LogP) is 5.20. The SMILES string of the molecule is O=C(Nc1ccccc1)c1cccc([N+](=O)[O-])c1O.O=C(Nc1ccccc1)c1ccccc1O. The number of rotatable bonds is 5. The lowest BCUT2D eigenvalue weighted by molar-refractivity contribution is -0.385. The molecule has 0 heterocycles. The van der Waals surface area contributed by atoms with E-state index in [1.807, 2.05) is 18.2 Å². The van der Waals surface area contributed by atoms with Crippen LogP contribution in [0.3, 0.4) is 0 Å². The van der Waals surface area contributed by atoms with E-state index in [0.29, 0.717) is 11.4 Å².